The third-order valence-electron chi connectivity index (χ3n) is 2.53. The van der Waals surface area contributed by atoms with Crippen molar-refractivity contribution in [3.8, 4) is 0 Å². The molecule has 0 aliphatic carbocycles. The first-order chi connectivity index (χ1) is 4.74. The van der Waals surface area contributed by atoms with Crippen molar-refractivity contribution in [1.82, 2.24) is 4.90 Å². The SMILES string of the molecule is CC[C@@H]1CCN(C)C[C@@H]1N. The topological polar surface area (TPSA) is 29.3 Å². The van der Waals surface area contributed by atoms with E-state index in [1.165, 1.54) is 19.4 Å². The van der Waals surface area contributed by atoms with Crippen LogP contribution in [0.2, 0.25) is 0 Å². The van der Waals surface area contributed by atoms with Crippen LogP contribution in [0.15, 0.2) is 0 Å². The number of nitrogens with zero attached hydrogens (tertiary/aromatic N) is 1. The van der Waals surface area contributed by atoms with Gasteiger partial charge in [-0.1, -0.05) is 13.3 Å². The van der Waals surface area contributed by atoms with E-state index in [0.717, 1.165) is 12.5 Å². The average Bonchev–Trinajstić information content (AvgIpc) is 1.88. The highest BCUT2D eigenvalue weighted by molar-refractivity contribution is 4.80. The minimum Gasteiger partial charge on any atom is -0.326 e. The Hall–Kier alpha value is -0.0800. The molecular formula is C8H18N2. The summed E-state index contributed by atoms with van der Waals surface area (Å²) in [6, 6.07) is 0.420. The van der Waals surface area contributed by atoms with Crippen molar-refractivity contribution in [2.24, 2.45) is 11.7 Å². The highest BCUT2D eigenvalue weighted by Crippen LogP contribution is 2.17. The number of rotatable bonds is 1. The second kappa shape index (κ2) is 3.35. The van der Waals surface area contributed by atoms with E-state index >= 15 is 0 Å². The van der Waals surface area contributed by atoms with Crippen LogP contribution in [0.4, 0.5) is 0 Å². The first-order valence-electron chi connectivity index (χ1n) is 4.18. The minimum atomic E-state index is 0.420. The van der Waals surface area contributed by atoms with Gasteiger partial charge in [0.05, 0.1) is 0 Å². The lowest BCUT2D eigenvalue weighted by Crippen LogP contribution is -2.46. The normalized spacial score (nSPS) is 36.3. The molecule has 1 aliphatic heterocycles. The van der Waals surface area contributed by atoms with Gasteiger partial charge in [0, 0.05) is 12.6 Å². The Bertz CT molecular complexity index is 103. The van der Waals surface area contributed by atoms with Gasteiger partial charge in [-0.3, -0.25) is 0 Å². The van der Waals surface area contributed by atoms with Gasteiger partial charge in [0.25, 0.3) is 0 Å². The maximum Gasteiger partial charge on any atom is 0.0196 e. The zero-order chi connectivity index (χ0) is 7.56. The summed E-state index contributed by atoms with van der Waals surface area (Å²) in [4.78, 5) is 2.32. The Labute approximate surface area is 63.4 Å². The quantitative estimate of drug-likeness (QED) is 0.583. The Morgan fingerprint density at radius 2 is 2.30 bits per heavy atom. The van der Waals surface area contributed by atoms with E-state index in [1.54, 1.807) is 0 Å². The molecule has 1 heterocycles. The monoisotopic (exact) mass is 142 g/mol. The van der Waals surface area contributed by atoms with Crippen LogP contribution in [-0.2, 0) is 0 Å². The minimum absolute atomic E-state index is 0.420. The van der Waals surface area contributed by atoms with Crippen molar-refractivity contribution in [3.63, 3.8) is 0 Å². The number of piperidine rings is 1. The van der Waals surface area contributed by atoms with Crippen molar-refractivity contribution < 1.29 is 0 Å². The average molecular weight is 142 g/mol. The van der Waals surface area contributed by atoms with Crippen LogP contribution in [-0.4, -0.2) is 31.1 Å². The molecule has 10 heavy (non-hydrogen) atoms. The van der Waals surface area contributed by atoms with Crippen molar-refractivity contribution in [3.05, 3.63) is 0 Å². The summed E-state index contributed by atoms with van der Waals surface area (Å²) in [5.74, 6) is 0.774. The van der Waals surface area contributed by atoms with Crippen molar-refractivity contribution >= 4 is 0 Å². The molecular weight excluding hydrogens is 124 g/mol. The summed E-state index contributed by atoms with van der Waals surface area (Å²) in [7, 11) is 2.14. The predicted octanol–water partition coefficient (Wildman–Crippen LogP) is 0.675. The van der Waals surface area contributed by atoms with Crippen LogP contribution in [0.1, 0.15) is 19.8 Å². The lowest BCUT2D eigenvalue weighted by atomic mass is 9.90. The Balaban J connectivity index is 2.36. The molecule has 2 nitrogen and oxygen atoms in total. The summed E-state index contributed by atoms with van der Waals surface area (Å²) in [6.45, 7) is 4.54. The second-order valence-corrected chi connectivity index (χ2v) is 3.38. The maximum atomic E-state index is 5.94. The van der Waals surface area contributed by atoms with Gasteiger partial charge in [-0.15, -0.1) is 0 Å². The molecule has 0 aromatic rings. The summed E-state index contributed by atoms with van der Waals surface area (Å²) in [5.41, 5.74) is 5.94. The summed E-state index contributed by atoms with van der Waals surface area (Å²) < 4.78 is 0. The molecule has 0 bridgehead atoms. The maximum absolute atomic E-state index is 5.94. The van der Waals surface area contributed by atoms with Crippen LogP contribution in [0.25, 0.3) is 0 Å². The van der Waals surface area contributed by atoms with E-state index < -0.39 is 0 Å². The highest BCUT2D eigenvalue weighted by atomic mass is 15.1. The molecule has 0 aromatic carbocycles. The summed E-state index contributed by atoms with van der Waals surface area (Å²) >= 11 is 0. The van der Waals surface area contributed by atoms with Crippen LogP contribution in [0, 0.1) is 5.92 Å². The smallest absolute Gasteiger partial charge is 0.0196 e. The lowest BCUT2D eigenvalue weighted by Gasteiger charge is -2.33. The number of hydrogen-bond acceptors (Lipinski definition) is 2. The Morgan fingerprint density at radius 3 is 2.80 bits per heavy atom. The lowest BCUT2D eigenvalue weighted by molar-refractivity contribution is 0.187. The molecule has 0 saturated carbocycles. The molecule has 1 aliphatic rings. The van der Waals surface area contributed by atoms with Gasteiger partial charge >= 0.3 is 0 Å². The first kappa shape index (κ1) is 8.02. The Kier molecular flexibility index (Phi) is 2.69. The van der Waals surface area contributed by atoms with Crippen LogP contribution in [0.3, 0.4) is 0 Å². The van der Waals surface area contributed by atoms with E-state index in [1.807, 2.05) is 0 Å². The number of likely N-dealkylation sites (tertiary alicyclic amines) is 1. The van der Waals surface area contributed by atoms with Gasteiger partial charge in [-0.25, -0.2) is 0 Å². The van der Waals surface area contributed by atoms with E-state index in [-0.39, 0.29) is 0 Å². The van der Waals surface area contributed by atoms with Crippen molar-refractivity contribution in [2.75, 3.05) is 20.1 Å². The molecule has 1 saturated heterocycles. The zero-order valence-electron chi connectivity index (χ0n) is 7.01. The third-order valence-corrected chi connectivity index (χ3v) is 2.53. The fraction of sp³-hybridized carbons (Fsp3) is 1.00. The first-order valence-corrected chi connectivity index (χ1v) is 4.18. The van der Waals surface area contributed by atoms with E-state index in [0.29, 0.717) is 6.04 Å². The van der Waals surface area contributed by atoms with Crippen molar-refractivity contribution in [1.29, 1.82) is 0 Å². The second-order valence-electron chi connectivity index (χ2n) is 3.38. The van der Waals surface area contributed by atoms with Crippen molar-refractivity contribution in [2.45, 2.75) is 25.8 Å². The molecule has 1 rings (SSSR count). The van der Waals surface area contributed by atoms with Gasteiger partial charge in [0.15, 0.2) is 0 Å². The van der Waals surface area contributed by atoms with Crippen LogP contribution >= 0.6 is 0 Å². The predicted molar refractivity (Wildman–Crippen MR) is 43.9 cm³/mol. The summed E-state index contributed by atoms with van der Waals surface area (Å²) in [6.07, 6.45) is 2.53. The molecule has 1 fully saturated rings. The molecule has 2 atom stereocenters. The van der Waals surface area contributed by atoms with Gasteiger partial charge < -0.3 is 10.6 Å². The number of likely N-dealkylation sites (N-methyl/N-ethyl adjacent to an activating group) is 1. The fourth-order valence-electron chi connectivity index (χ4n) is 1.71. The van der Waals surface area contributed by atoms with E-state index in [9.17, 15) is 0 Å². The van der Waals surface area contributed by atoms with Gasteiger partial charge in [-0.05, 0) is 25.9 Å². The Morgan fingerprint density at radius 1 is 1.60 bits per heavy atom. The molecule has 0 radical (unpaired) electrons. The zero-order valence-corrected chi connectivity index (χ0v) is 7.01. The van der Waals surface area contributed by atoms with E-state index in [4.69, 9.17) is 5.73 Å². The van der Waals surface area contributed by atoms with Gasteiger partial charge in [-0.2, -0.15) is 0 Å². The van der Waals surface area contributed by atoms with Gasteiger partial charge in [0.2, 0.25) is 0 Å². The highest BCUT2D eigenvalue weighted by Gasteiger charge is 2.22. The molecule has 2 heteroatoms. The number of hydrogen-bond donors (Lipinski definition) is 1. The fourth-order valence-corrected chi connectivity index (χ4v) is 1.71. The molecule has 0 aromatic heterocycles. The van der Waals surface area contributed by atoms with Crippen LogP contribution < -0.4 is 5.73 Å². The molecule has 0 unspecified atom stereocenters. The van der Waals surface area contributed by atoms with Crippen LogP contribution in [0.5, 0.6) is 0 Å². The molecule has 60 valence electrons. The largest absolute Gasteiger partial charge is 0.326 e. The van der Waals surface area contributed by atoms with Gasteiger partial charge in [0.1, 0.15) is 0 Å². The molecule has 0 amide bonds. The standard InChI is InChI=1S/C8H18N2/c1-3-7-4-5-10(2)6-8(7)9/h7-8H,3-6,9H2,1-2H3/t7-,8+/m1/s1. The molecule has 0 spiro atoms. The number of nitrogens with two attached hydrogens (primary N) is 1. The third kappa shape index (κ3) is 1.70. The van der Waals surface area contributed by atoms with E-state index in [2.05, 4.69) is 18.9 Å². The summed E-state index contributed by atoms with van der Waals surface area (Å²) in [5, 5.41) is 0. The molecule has 2 N–H and O–H groups in total.